The number of carbonyl (C=O) groups is 3. The predicted octanol–water partition coefficient (Wildman–Crippen LogP) is 5.17. The van der Waals surface area contributed by atoms with Crippen molar-refractivity contribution in [2.75, 3.05) is 13.2 Å². The molecule has 0 heterocycles. The first kappa shape index (κ1) is 44.8. The van der Waals surface area contributed by atoms with E-state index >= 15 is 0 Å². The Hall–Kier alpha value is -4.19. The van der Waals surface area contributed by atoms with Gasteiger partial charge in [0.05, 0.1) is 19.4 Å². The van der Waals surface area contributed by atoms with Gasteiger partial charge in [-0.05, 0) is 51.2 Å². The molecule has 10 nitrogen and oxygen atoms in total. The van der Waals surface area contributed by atoms with Crippen molar-refractivity contribution in [2.24, 2.45) is 5.41 Å². The van der Waals surface area contributed by atoms with Gasteiger partial charge in [-0.1, -0.05) is 122 Å². The smallest absolute Gasteiger partial charge is 0.307 e. The summed E-state index contributed by atoms with van der Waals surface area (Å²) in [6.07, 6.45) is 16.9. The lowest BCUT2D eigenvalue weighted by molar-refractivity contribution is -0.161. The molecule has 5 unspecified atom stereocenters. The fourth-order valence-corrected chi connectivity index (χ4v) is 4.90. The lowest BCUT2D eigenvalue weighted by Crippen LogP contribution is -2.47. The average molecular weight is 709 g/mol. The summed E-state index contributed by atoms with van der Waals surface area (Å²) < 4.78 is 10.3. The van der Waals surface area contributed by atoms with Gasteiger partial charge in [0.25, 0.3) is 0 Å². The molecule has 0 radical (unpaired) electrons. The summed E-state index contributed by atoms with van der Waals surface area (Å²) in [5.41, 5.74) is 5.11. The minimum atomic E-state index is -1.88. The van der Waals surface area contributed by atoms with Crippen LogP contribution in [0.3, 0.4) is 0 Å². The lowest BCUT2D eigenvalue weighted by Gasteiger charge is -2.36. The minimum absolute atomic E-state index is 0.252. The molecule has 0 saturated carbocycles. The number of allylic oxidation sites excluding steroid dienone is 18. The van der Waals surface area contributed by atoms with Crippen LogP contribution in [0.2, 0.25) is 0 Å². The van der Waals surface area contributed by atoms with Crippen LogP contribution in [0.25, 0.3) is 0 Å². The van der Waals surface area contributed by atoms with Gasteiger partial charge in [-0.2, -0.15) is 0 Å². The van der Waals surface area contributed by atoms with E-state index in [1.807, 2.05) is 121 Å². The highest BCUT2D eigenvalue weighted by Gasteiger charge is 2.40. The zero-order valence-corrected chi connectivity index (χ0v) is 30.9. The quantitative estimate of drug-likeness (QED) is 0.0891. The van der Waals surface area contributed by atoms with E-state index < -0.39 is 67.5 Å². The summed E-state index contributed by atoms with van der Waals surface area (Å²) in [4.78, 5) is 37.7. The Morgan fingerprint density at radius 2 is 1.29 bits per heavy atom. The second kappa shape index (κ2) is 22.6. The Kier molecular flexibility index (Phi) is 19.9. The van der Waals surface area contributed by atoms with Crippen LogP contribution in [0, 0.1) is 5.41 Å². The molecule has 0 fully saturated rings. The highest BCUT2D eigenvalue weighted by atomic mass is 16.6. The van der Waals surface area contributed by atoms with Crippen molar-refractivity contribution in [3.63, 3.8) is 0 Å². The molecule has 51 heavy (non-hydrogen) atoms. The molecule has 0 spiro atoms. The maximum Gasteiger partial charge on any atom is 0.307 e. The Balaban J connectivity index is 2.74. The number of hydrogen-bond donors (Lipinski definition) is 5. The van der Waals surface area contributed by atoms with E-state index in [1.165, 1.54) is 0 Å². The molecule has 1 rings (SSSR count). The summed E-state index contributed by atoms with van der Waals surface area (Å²) in [7, 11) is 0. The third-order valence-electron chi connectivity index (χ3n) is 8.14. The summed E-state index contributed by atoms with van der Waals surface area (Å²) in [5.74, 6) is -1.97. The third kappa shape index (κ3) is 16.6. The molecule has 0 bridgehead atoms. The van der Waals surface area contributed by atoms with Crippen molar-refractivity contribution < 1.29 is 49.4 Å². The van der Waals surface area contributed by atoms with Crippen LogP contribution in [-0.4, -0.2) is 87.0 Å². The van der Waals surface area contributed by atoms with Gasteiger partial charge < -0.3 is 35.0 Å². The van der Waals surface area contributed by atoms with Gasteiger partial charge in [0.1, 0.15) is 31.0 Å². The molecule has 0 aromatic carbocycles. The minimum Gasteiger partial charge on any atom is -0.463 e. The largest absolute Gasteiger partial charge is 0.463 e. The molecule has 280 valence electrons. The van der Waals surface area contributed by atoms with Crippen molar-refractivity contribution in [3.8, 4) is 0 Å². The van der Waals surface area contributed by atoms with Gasteiger partial charge in [-0.15, -0.1) is 0 Å². The van der Waals surface area contributed by atoms with Crippen LogP contribution in [0.4, 0.5) is 0 Å². The van der Waals surface area contributed by atoms with Crippen LogP contribution in [0.5, 0.6) is 0 Å². The van der Waals surface area contributed by atoms with Crippen molar-refractivity contribution in [3.05, 3.63) is 119 Å². The monoisotopic (exact) mass is 708 g/mol. The molecule has 1 aliphatic carbocycles. The van der Waals surface area contributed by atoms with Crippen LogP contribution in [0.1, 0.15) is 67.7 Å². The molecule has 0 saturated heterocycles. The van der Waals surface area contributed by atoms with Crippen molar-refractivity contribution in [1.82, 2.24) is 0 Å². The summed E-state index contributed by atoms with van der Waals surface area (Å²) in [5, 5.41) is 47.5. The molecule has 5 N–H and O–H groups in total. The number of Topliss-reactive ketones (excluding diaryl/α,β-unsaturated/α-hetero) is 1. The second-order valence-corrected chi connectivity index (χ2v) is 13.2. The van der Waals surface area contributed by atoms with Gasteiger partial charge in [0.15, 0.2) is 11.9 Å². The van der Waals surface area contributed by atoms with Gasteiger partial charge in [-0.25, -0.2) is 0 Å². The van der Waals surface area contributed by atoms with Gasteiger partial charge in [0.2, 0.25) is 0 Å². The first-order valence-corrected chi connectivity index (χ1v) is 16.9. The summed E-state index contributed by atoms with van der Waals surface area (Å²) in [6.45, 7) is 15.8. The molecule has 1 aliphatic rings. The number of aliphatic hydroxyl groups is 5. The molecule has 5 atom stereocenters. The van der Waals surface area contributed by atoms with Gasteiger partial charge >= 0.3 is 11.9 Å². The Morgan fingerprint density at radius 3 is 1.84 bits per heavy atom. The zero-order valence-electron chi connectivity index (χ0n) is 30.9. The van der Waals surface area contributed by atoms with E-state index in [1.54, 1.807) is 6.92 Å². The van der Waals surface area contributed by atoms with E-state index in [9.17, 15) is 34.8 Å². The number of carbonyl (C=O) groups excluding carboxylic acids is 3. The first-order valence-electron chi connectivity index (χ1n) is 16.9. The molecular formula is C41H56O10. The van der Waals surface area contributed by atoms with Gasteiger partial charge in [-0.3, -0.25) is 14.4 Å². The Bertz CT molecular complexity index is 1500. The molecular weight excluding hydrogens is 652 g/mol. The van der Waals surface area contributed by atoms with E-state index in [-0.39, 0.29) is 18.6 Å². The molecule has 0 aliphatic heterocycles. The number of hydrogen-bond acceptors (Lipinski definition) is 10. The van der Waals surface area contributed by atoms with E-state index in [2.05, 4.69) is 6.58 Å². The number of ketones is 1. The van der Waals surface area contributed by atoms with Crippen molar-refractivity contribution in [1.29, 1.82) is 0 Å². The maximum absolute atomic E-state index is 13.2. The number of rotatable bonds is 19. The van der Waals surface area contributed by atoms with E-state index in [4.69, 9.17) is 14.6 Å². The fraction of sp³-hybridized carbons (Fsp3) is 0.439. The molecule has 0 aromatic heterocycles. The van der Waals surface area contributed by atoms with Gasteiger partial charge in [0, 0.05) is 6.42 Å². The zero-order chi connectivity index (χ0) is 38.7. The topological polar surface area (TPSA) is 171 Å². The SMILES string of the molecule is C=C/C(C)=C/C=C/C(C)=C/C=C/C=C(C)/C=C/C=C(C)/C=C/C1=C(C)C(=O)C(OC(=O)CCC(=O)OCC(O)C(O)C(O)C(O)CO)CC1(C)C. The van der Waals surface area contributed by atoms with E-state index in [0.29, 0.717) is 5.57 Å². The fourth-order valence-electron chi connectivity index (χ4n) is 4.90. The predicted molar refractivity (Wildman–Crippen MR) is 199 cm³/mol. The summed E-state index contributed by atoms with van der Waals surface area (Å²) in [6, 6.07) is 0. The molecule has 0 amide bonds. The number of ether oxygens (including phenoxy) is 2. The average Bonchev–Trinajstić information content (AvgIpc) is 3.08. The van der Waals surface area contributed by atoms with Crippen LogP contribution >= 0.6 is 0 Å². The Labute approximate surface area is 302 Å². The Morgan fingerprint density at radius 1 is 0.804 bits per heavy atom. The number of esters is 2. The van der Waals surface area contributed by atoms with Crippen molar-refractivity contribution >= 4 is 17.7 Å². The molecule has 0 aromatic rings. The number of aliphatic hydroxyl groups excluding tert-OH is 5. The first-order chi connectivity index (χ1) is 23.9. The second-order valence-electron chi connectivity index (χ2n) is 13.2. The van der Waals surface area contributed by atoms with E-state index in [0.717, 1.165) is 27.9 Å². The highest BCUT2D eigenvalue weighted by Crippen LogP contribution is 2.41. The van der Waals surface area contributed by atoms with Crippen molar-refractivity contribution in [2.45, 2.75) is 98.2 Å². The van der Waals surface area contributed by atoms with Crippen LogP contribution in [-0.2, 0) is 23.9 Å². The highest BCUT2D eigenvalue weighted by molar-refractivity contribution is 6.01. The summed E-state index contributed by atoms with van der Waals surface area (Å²) >= 11 is 0. The lowest BCUT2D eigenvalue weighted by atomic mass is 9.71. The third-order valence-corrected chi connectivity index (χ3v) is 8.14. The normalized spacial score (nSPS) is 20.4. The maximum atomic E-state index is 13.2. The standard InChI is InChI=1S/C41H56O10/c1-9-27(2)16-12-17-28(3)14-10-11-15-29(4)18-13-19-30(5)20-21-32-31(6)38(47)35(24-41(32,7)8)51-37(46)23-22-36(45)50-26-34(44)40(49)39(48)33(43)25-42/h9-21,33-35,39-40,42-44,48-49H,1,22-26H2,2-8H3/b11-10+,17-12+,18-13+,21-20+,27-16+,28-14+,29-15+,30-19+. The van der Waals surface area contributed by atoms with Crippen LogP contribution in [0.15, 0.2) is 119 Å². The van der Waals surface area contributed by atoms with Crippen LogP contribution < -0.4 is 0 Å². The molecule has 10 heteroatoms.